The van der Waals surface area contributed by atoms with E-state index < -0.39 is 11.7 Å². The summed E-state index contributed by atoms with van der Waals surface area (Å²) in [4.78, 5) is 23.6. The number of nitrogens with zero attached hydrogens (tertiary/aromatic N) is 1. The van der Waals surface area contributed by atoms with Gasteiger partial charge in [-0.2, -0.15) is 0 Å². The Labute approximate surface area is 45.6 Å². The fourth-order valence-corrected chi connectivity index (χ4v) is 0.294. The molecule has 0 saturated heterocycles. The summed E-state index contributed by atoms with van der Waals surface area (Å²) in [6.07, 6.45) is 0.916. The summed E-state index contributed by atoms with van der Waals surface area (Å²) in [5.74, 6) is -1.32. The van der Waals surface area contributed by atoms with E-state index in [2.05, 4.69) is 11.7 Å². The zero-order valence-corrected chi connectivity index (χ0v) is 3.84. The summed E-state index contributed by atoms with van der Waals surface area (Å²) in [7, 11) is 0. The average Bonchev–Trinajstić information content (AvgIpc) is 1.77. The fourth-order valence-electron chi connectivity index (χ4n) is 0.294. The third kappa shape index (κ3) is 0.726. The number of rotatable bonds is 0. The lowest BCUT2D eigenvalue weighted by atomic mass is 10.4. The van der Waals surface area contributed by atoms with Gasteiger partial charge in [-0.05, 0) is 0 Å². The maximum absolute atomic E-state index is 10.2. The Bertz CT molecular complexity index is 161. The number of carbonyl (C=O) groups is 2. The van der Waals surface area contributed by atoms with Crippen molar-refractivity contribution in [3.63, 3.8) is 0 Å². The summed E-state index contributed by atoms with van der Waals surface area (Å²) in [5.41, 5.74) is 0. The van der Waals surface area contributed by atoms with Crippen molar-refractivity contribution >= 4 is 17.9 Å². The summed E-state index contributed by atoms with van der Waals surface area (Å²) in [6, 6.07) is 0. The van der Waals surface area contributed by atoms with Crippen LogP contribution in [0.4, 0.5) is 0 Å². The van der Waals surface area contributed by atoms with E-state index in [1.165, 1.54) is 0 Å². The van der Waals surface area contributed by atoms with E-state index in [1.54, 1.807) is 0 Å². The van der Waals surface area contributed by atoms with Gasteiger partial charge in [-0.15, -0.1) is 0 Å². The van der Waals surface area contributed by atoms with E-state index >= 15 is 0 Å². The Hall–Kier alpha value is -1.19. The maximum atomic E-state index is 10.2. The molecule has 1 aliphatic rings. The molecule has 0 aromatic rings. The number of carbonyl (C=O) groups excluding carboxylic acids is 2. The van der Waals surface area contributed by atoms with Gasteiger partial charge in [-0.1, -0.05) is 0 Å². The highest BCUT2D eigenvalue weighted by Crippen LogP contribution is 1.81. The number of hydrogen-bond acceptors (Lipinski definition) is 3. The molecule has 1 aliphatic heterocycles. The first-order valence-corrected chi connectivity index (χ1v) is 1.93. The first-order valence-electron chi connectivity index (χ1n) is 1.93. The minimum absolute atomic E-state index is 0.635. The van der Waals surface area contributed by atoms with Crippen molar-refractivity contribution in [1.82, 2.24) is 5.32 Å². The number of aliphatic imine (C=N–C) groups is 1. The van der Waals surface area contributed by atoms with Gasteiger partial charge >= 0.3 is 0 Å². The SMILES string of the molecule is O=C1C=N[C]NC1=O. The third-order valence-corrected chi connectivity index (χ3v) is 0.640. The predicted molar refractivity (Wildman–Crippen MR) is 24.9 cm³/mol. The standard InChI is InChI=1S/C4H2N2O2/c7-3-1-5-2-6-4(3)8/h1H,(H,6,8). The molecule has 4 nitrogen and oxygen atoms in total. The van der Waals surface area contributed by atoms with Crippen LogP contribution in [0.1, 0.15) is 0 Å². The lowest BCUT2D eigenvalue weighted by molar-refractivity contribution is -0.133. The number of Topliss-reactive ketones (excluding diaryl/α,β-unsaturated/α-hetero) is 1. The predicted octanol–water partition coefficient (Wildman–Crippen LogP) is -1.25. The first kappa shape index (κ1) is 4.96. The highest BCUT2D eigenvalue weighted by Gasteiger charge is 2.13. The zero-order chi connectivity index (χ0) is 5.98. The van der Waals surface area contributed by atoms with Gasteiger partial charge in [0.25, 0.3) is 11.7 Å². The quantitative estimate of drug-likeness (QED) is 0.396. The molecule has 0 bridgehead atoms. The van der Waals surface area contributed by atoms with Crippen molar-refractivity contribution in [2.24, 2.45) is 4.99 Å². The molecule has 40 valence electrons. The largest absolute Gasteiger partial charge is 0.317 e. The van der Waals surface area contributed by atoms with E-state index in [0.717, 1.165) is 6.21 Å². The van der Waals surface area contributed by atoms with Crippen molar-refractivity contribution < 1.29 is 9.59 Å². The van der Waals surface area contributed by atoms with Gasteiger partial charge in [-0.3, -0.25) is 14.6 Å². The van der Waals surface area contributed by atoms with Gasteiger partial charge < -0.3 is 5.32 Å². The third-order valence-electron chi connectivity index (χ3n) is 0.640. The Morgan fingerprint density at radius 2 is 2.38 bits per heavy atom. The summed E-state index contributed by atoms with van der Waals surface area (Å²) in [5, 5.41) is 2.00. The smallest absolute Gasteiger partial charge is 0.295 e. The molecule has 1 N–H and O–H groups in total. The summed E-state index contributed by atoms with van der Waals surface area (Å²) >= 11 is 0. The van der Waals surface area contributed by atoms with E-state index in [0.29, 0.717) is 0 Å². The molecule has 2 radical (unpaired) electrons. The van der Waals surface area contributed by atoms with Crippen LogP contribution >= 0.6 is 0 Å². The highest BCUT2D eigenvalue weighted by molar-refractivity contribution is 6.59. The molecule has 4 heteroatoms. The molecule has 0 spiro atoms. The Morgan fingerprint density at radius 3 is 2.75 bits per heavy atom. The van der Waals surface area contributed by atoms with Gasteiger partial charge in [0.2, 0.25) is 6.67 Å². The van der Waals surface area contributed by atoms with Crippen LogP contribution < -0.4 is 5.32 Å². The zero-order valence-electron chi connectivity index (χ0n) is 3.84. The van der Waals surface area contributed by atoms with E-state index in [9.17, 15) is 9.59 Å². The van der Waals surface area contributed by atoms with Crippen LogP contribution in [-0.2, 0) is 9.59 Å². The van der Waals surface area contributed by atoms with Crippen molar-refractivity contribution in [2.75, 3.05) is 0 Å². The van der Waals surface area contributed by atoms with Crippen LogP contribution in [0.25, 0.3) is 0 Å². The monoisotopic (exact) mass is 110 g/mol. The fraction of sp³-hybridized carbons (Fsp3) is 0. The summed E-state index contributed by atoms with van der Waals surface area (Å²) < 4.78 is 0. The minimum Gasteiger partial charge on any atom is -0.317 e. The van der Waals surface area contributed by atoms with E-state index in [1.807, 2.05) is 5.32 Å². The van der Waals surface area contributed by atoms with Crippen molar-refractivity contribution in [3.8, 4) is 0 Å². The molecule has 1 rings (SSSR count). The molecular weight excluding hydrogens is 108 g/mol. The first-order chi connectivity index (χ1) is 3.80. The van der Waals surface area contributed by atoms with Crippen LogP contribution in [0.15, 0.2) is 4.99 Å². The number of nitrogens with one attached hydrogen (secondary N) is 1. The lowest BCUT2D eigenvalue weighted by Gasteiger charge is -1.98. The van der Waals surface area contributed by atoms with Crippen molar-refractivity contribution in [1.29, 1.82) is 0 Å². The number of amides is 1. The van der Waals surface area contributed by atoms with E-state index in [4.69, 9.17) is 0 Å². The molecule has 0 aromatic heterocycles. The van der Waals surface area contributed by atoms with Crippen LogP contribution in [0.3, 0.4) is 0 Å². The van der Waals surface area contributed by atoms with Crippen molar-refractivity contribution in [3.05, 3.63) is 6.67 Å². The highest BCUT2D eigenvalue weighted by atomic mass is 16.2. The molecule has 0 aromatic carbocycles. The molecule has 0 unspecified atom stereocenters. The molecule has 0 atom stereocenters. The second-order valence-corrected chi connectivity index (χ2v) is 1.19. The molecule has 1 heterocycles. The van der Waals surface area contributed by atoms with Gasteiger partial charge in [0, 0.05) is 0 Å². The van der Waals surface area contributed by atoms with Crippen LogP contribution in [0.5, 0.6) is 0 Å². The van der Waals surface area contributed by atoms with Crippen LogP contribution in [-0.4, -0.2) is 17.9 Å². The molecule has 0 aliphatic carbocycles. The van der Waals surface area contributed by atoms with Crippen LogP contribution in [0, 0.1) is 6.67 Å². The van der Waals surface area contributed by atoms with Gasteiger partial charge in [0.05, 0.1) is 6.21 Å². The topological polar surface area (TPSA) is 58.5 Å². The van der Waals surface area contributed by atoms with Gasteiger partial charge in [-0.25, -0.2) is 0 Å². The lowest BCUT2D eigenvalue weighted by Crippen LogP contribution is -2.32. The van der Waals surface area contributed by atoms with E-state index in [-0.39, 0.29) is 0 Å². The number of hydrogen-bond donors (Lipinski definition) is 1. The van der Waals surface area contributed by atoms with Gasteiger partial charge in [0.15, 0.2) is 0 Å². The normalized spacial score (nSPS) is 18.5. The second kappa shape index (κ2) is 1.73. The van der Waals surface area contributed by atoms with Crippen LogP contribution in [0.2, 0.25) is 0 Å². The Balaban J connectivity index is 2.75. The minimum atomic E-state index is -0.681. The maximum Gasteiger partial charge on any atom is 0.295 e. The second-order valence-electron chi connectivity index (χ2n) is 1.19. The molecule has 0 fully saturated rings. The Morgan fingerprint density at radius 1 is 1.62 bits per heavy atom. The average molecular weight is 110 g/mol. The molecule has 0 saturated carbocycles. The number of ketones is 1. The molecule has 8 heavy (non-hydrogen) atoms. The van der Waals surface area contributed by atoms with Gasteiger partial charge in [0.1, 0.15) is 0 Å². The molecular formula is C4H2N2O2. The Kier molecular flexibility index (Phi) is 1.07. The van der Waals surface area contributed by atoms with Crippen molar-refractivity contribution in [2.45, 2.75) is 0 Å². The summed E-state index contributed by atoms with van der Waals surface area (Å²) in [6.45, 7) is 2.11. The molecule has 1 amide bonds.